The number of nitrogens with zero attached hydrogens (tertiary/aromatic N) is 4. The van der Waals surface area contributed by atoms with Crippen LogP contribution in [0.3, 0.4) is 0 Å². The van der Waals surface area contributed by atoms with Crippen molar-refractivity contribution in [1.29, 1.82) is 0 Å². The molecule has 0 N–H and O–H groups in total. The topological polar surface area (TPSA) is 44.9 Å². The largest absolute Gasteiger partial charge is 0.457 e. The molecule has 3 heterocycles. The molecule has 6 aromatic rings. The molecule has 2 atom stereocenters. The number of para-hydroxylation sites is 1. The first-order valence-corrected chi connectivity index (χ1v) is 21.7. The van der Waals surface area contributed by atoms with Crippen molar-refractivity contribution in [3.63, 3.8) is 0 Å². The molecule has 3 aromatic carbocycles. The van der Waals surface area contributed by atoms with E-state index < -0.39 is 0 Å². The van der Waals surface area contributed by atoms with Gasteiger partial charge in [0.1, 0.15) is 17.3 Å². The lowest BCUT2D eigenvalue weighted by molar-refractivity contribution is 0.198. The summed E-state index contributed by atoms with van der Waals surface area (Å²) < 4.78 is 11.4. The number of aryl methyl sites for hydroxylation is 2. The fourth-order valence-corrected chi connectivity index (χ4v) is 10.9. The Morgan fingerprint density at radius 1 is 0.714 bits per heavy atom. The van der Waals surface area contributed by atoms with Crippen molar-refractivity contribution >= 4 is 21.8 Å². The molecule has 0 saturated heterocycles. The number of rotatable bonds is 7. The summed E-state index contributed by atoms with van der Waals surface area (Å²) in [5.41, 5.74) is 11.4. The smallest absolute Gasteiger partial charge is 0.137 e. The highest BCUT2D eigenvalue weighted by molar-refractivity contribution is 6.09. The van der Waals surface area contributed by atoms with Gasteiger partial charge in [-0.15, -0.1) is 0 Å². The highest BCUT2D eigenvalue weighted by Crippen LogP contribution is 2.52. The van der Waals surface area contributed by atoms with Crippen LogP contribution in [0.5, 0.6) is 11.5 Å². The third-order valence-corrected chi connectivity index (χ3v) is 13.7. The van der Waals surface area contributed by atoms with E-state index in [1.807, 2.05) is 12.3 Å². The van der Waals surface area contributed by atoms with Crippen LogP contribution < -0.4 is 4.74 Å². The molecular formula is C51H60N4O. The summed E-state index contributed by atoms with van der Waals surface area (Å²) in [6.45, 7) is 13.6. The second kappa shape index (κ2) is 15.0. The second-order valence-electron chi connectivity index (χ2n) is 18.4. The van der Waals surface area contributed by atoms with E-state index in [-0.39, 0.29) is 5.41 Å². The number of pyridine rings is 1. The van der Waals surface area contributed by atoms with Crippen molar-refractivity contribution in [2.45, 2.75) is 130 Å². The van der Waals surface area contributed by atoms with E-state index in [2.05, 4.69) is 124 Å². The Balaban J connectivity index is 1.13. The average Bonchev–Trinajstić information content (AvgIpc) is 3.70. The van der Waals surface area contributed by atoms with Gasteiger partial charge in [0.25, 0.3) is 0 Å². The van der Waals surface area contributed by atoms with Crippen LogP contribution in [0, 0.1) is 38.5 Å². The Kier molecular flexibility index (Phi) is 9.92. The Morgan fingerprint density at radius 2 is 1.46 bits per heavy atom. The number of hydrogen-bond acceptors (Lipinski definition) is 3. The molecule has 3 aromatic heterocycles. The van der Waals surface area contributed by atoms with E-state index >= 15 is 0 Å². The van der Waals surface area contributed by atoms with Gasteiger partial charge in [0.2, 0.25) is 0 Å². The zero-order valence-electron chi connectivity index (χ0n) is 34.6. The van der Waals surface area contributed by atoms with Crippen molar-refractivity contribution in [2.24, 2.45) is 17.8 Å². The maximum atomic E-state index is 6.90. The van der Waals surface area contributed by atoms with Crippen molar-refractivity contribution in [2.75, 3.05) is 0 Å². The maximum Gasteiger partial charge on any atom is 0.137 e. The minimum Gasteiger partial charge on any atom is -0.457 e. The van der Waals surface area contributed by atoms with Gasteiger partial charge < -0.3 is 4.74 Å². The standard InChI is InChI=1S/C51H60N4O/c1-33-26-27-52-48(28-33)54-46-23-14-13-20-44(46)45-25-24-40(32-47(45)54)56-41-30-38(51(4,5)6)29-39(31-41)55-35(3)49(34(2)53-55)50-42(36-16-9-7-10-17-36)21-15-22-43(50)37-18-11-8-12-19-37/h13-14,20-21,23-32,36-37,43,50H,7-12,15-19,22H2,1-6H3/t43-,50?/m1/s1. The van der Waals surface area contributed by atoms with Gasteiger partial charge in [-0.25, -0.2) is 9.67 Å². The zero-order chi connectivity index (χ0) is 38.6. The minimum absolute atomic E-state index is 0.0768. The van der Waals surface area contributed by atoms with E-state index in [1.165, 1.54) is 116 Å². The number of allylic oxidation sites excluding steroid dienone is 2. The van der Waals surface area contributed by atoms with Crippen LogP contribution in [0.15, 0.2) is 90.6 Å². The molecule has 290 valence electrons. The van der Waals surface area contributed by atoms with Crippen molar-refractivity contribution in [3.05, 3.63) is 119 Å². The lowest BCUT2D eigenvalue weighted by Gasteiger charge is -2.43. The van der Waals surface area contributed by atoms with Gasteiger partial charge in [0.05, 0.1) is 22.4 Å². The van der Waals surface area contributed by atoms with Crippen molar-refractivity contribution < 1.29 is 4.74 Å². The monoisotopic (exact) mass is 744 g/mol. The first kappa shape index (κ1) is 37.0. The summed E-state index contributed by atoms with van der Waals surface area (Å²) in [6.07, 6.45) is 21.0. The number of benzene rings is 3. The predicted octanol–water partition coefficient (Wildman–Crippen LogP) is 14.0. The summed E-state index contributed by atoms with van der Waals surface area (Å²) in [5.74, 6) is 5.29. The Morgan fingerprint density at radius 3 is 2.23 bits per heavy atom. The van der Waals surface area contributed by atoms with Gasteiger partial charge in [0, 0.05) is 46.3 Å². The number of fused-ring (bicyclic) bond motifs is 3. The molecule has 3 aliphatic rings. The third kappa shape index (κ3) is 6.90. The molecule has 0 spiro atoms. The van der Waals surface area contributed by atoms with Crippen LogP contribution in [-0.2, 0) is 5.41 Å². The number of ether oxygens (including phenoxy) is 1. The molecule has 9 rings (SSSR count). The fraction of sp³-hybridized carbons (Fsp3) is 0.451. The molecule has 0 amide bonds. The molecular weight excluding hydrogens is 685 g/mol. The summed E-state index contributed by atoms with van der Waals surface area (Å²) in [4.78, 5) is 4.80. The van der Waals surface area contributed by atoms with Crippen molar-refractivity contribution in [3.8, 4) is 23.0 Å². The minimum atomic E-state index is -0.0768. The van der Waals surface area contributed by atoms with E-state index in [0.717, 1.165) is 45.9 Å². The van der Waals surface area contributed by atoms with E-state index in [9.17, 15) is 0 Å². The van der Waals surface area contributed by atoms with E-state index in [4.69, 9.17) is 14.8 Å². The maximum absolute atomic E-state index is 6.90. The molecule has 0 radical (unpaired) electrons. The van der Waals surface area contributed by atoms with Crippen LogP contribution in [0.25, 0.3) is 33.3 Å². The summed E-state index contributed by atoms with van der Waals surface area (Å²) in [6, 6.07) is 26.1. The van der Waals surface area contributed by atoms with Gasteiger partial charge >= 0.3 is 0 Å². The van der Waals surface area contributed by atoms with Gasteiger partial charge in [-0.05, 0) is 123 Å². The van der Waals surface area contributed by atoms with Crippen molar-refractivity contribution in [1.82, 2.24) is 19.3 Å². The SMILES string of the molecule is Cc1ccnc(-n2c3ccccc3c3ccc(Oc4cc(-n5nc(C)c(C6C(C7CCCCC7)=CCC[C@@H]6C6CCCCC6)c5C)cc(C(C)(C)C)c4)cc32)c1. The quantitative estimate of drug-likeness (QED) is 0.153. The predicted molar refractivity (Wildman–Crippen MR) is 232 cm³/mol. The average molecular weight is 745 g/mol. The highest BCUT2D eigenvalue weighted by atomic mass is 16.5. The second-order valence-corrected chi connectivity index (χ2v) is 18.4. The fourth-order valence-electron chi connectivity index (χ4n) is 10.9. The normalized spacial score (nSPS) is 20.1. The Labute approximate surface area is 334 Å². The van der Waals surface area contributed by atoms with Crippen LogP contribution in [0.2, 0.25) is 0 Å². The third-order valence-electron chi connectivity index (χ3n) is 13.7. The summed E-state index contributed by atoms with van der Waals surface area (Å²) in [5, 5.41) is 7.82. The van der Waals surface area contributed by atoms with Crippen LogP contribution in [-0.4, -0.2) is 19.3 Å². The Hall–Kier alpha value is -4.64. The van der Waals surface area contributed by atoms with Crippen LogP contribution >= 0.6 is 0 Å². The van der Waals surface area contributed by atoms with Gasteiger partial charge in [-0.3, -0.25) is 4.57 Å². The van der Waals surface area contributed by atoms with Gasteiger partial charge in [0.15, 0.2) is 0 Å². The zero-order valence-corrected chi connectivity index (χ0v) is 34.6. The summed E-state index contributed by atoms with van der Waals surface area (Å²) in [7, 11) is 0. The highest BCUT2D eigenvalue weighted by Gasteiger charge is 2.40. The molecule has 2 fully saturated rings. The van der Waals surface area contributed by atoms with Crippen LogP contribution in [0.4, 0.5) is 0 Å². The Bertz CT molecular complexity index is 2410. The number of hydrogen-bond donors (Lipinski definition) is 0. The first-order chi connectivity index (χ1) is 27.1. The number of aromatic nitrogens is 4. The van der Waals surface area contributed by atoms with Gasteiger partial charge in [-0.1, -0.05) is 102 Å². The lowest BCUT2D eigenvalue weighted by Crippen LogP contribution is -2.31. The van der Waals surface area contributed by atoms with E-state index in [0.29, 0.717) is 11.8 Å². The molecule has 0 aliphatic heterocycles. The molecule has 56 heavy (non-hydrogen) atoms. The molecule has 5 nitrogen and oxygen atoms in total. The van der Waals surface area contributed by atoms with Gasteiger partial charge in [-0.2, -0.15) is 5.10 Å². The van der Waals surface area contributed by atoms with Crippen LogP contribution in [0.1, 0.15) is 132 Å². The lowest BCUT2D eigenvalue weighted by atomic mass is 9.62. The molecule has 1 unspecified atom stereocenters. The molecule has 2 saturated carbocycles. The molecule has 0 bridgehead atoms. The molecule has 3 aliphatic carbocycles. The van der Waals surface area contributed by atoms with E-state index in [1.54, 1.807) is 5.57 Å². The first-order valence-electron chi connectivity index (χ1n) is 21.7. The molecule has 5 heteroatoms. The summed E-state index contributed by atoms with van der Waals surface area (Å²) >= 11 is 0.